The van der Waals surface area contributed by atoms with E-state index in [9.17, 15) is 9.59 Å². The van der Waals surface area contributed by atoms with Crippen LogP contribution in [-0.2, 0) is 4.79 Å². The van der Waals surface area contributed by atoms with Crippen LogP contribution in [0.4, 0.5) is 5.69 Å². The zero-order valence-electron chi connectivity index (χ0n) is 14.1. The number of nitrogens with zero attached hydrogens (tertiary/aromatic N) is 4. The lowest BCUT2D eigenvalue weighted by atomic mass is 10.2. The molecular weight excluding hydrogens is 356 g/mol. The number of hydrogen-bond donors (Lipinski definition) is 2. The molecule has 3 aromatic rings. The van der Waals surface area contributed by atoms with E-state index in [0.717, 1.165) is 0 Å². The standard InChI is InChI=1S/C16H16N6O3S/c1-10-19-20-21-22(10)12-8-11(5-6-13(12)25-2)18-15(23)9-17-16(24)14-4-3-7-26-14/h3-8H,9H2,1-2H3,(H,17,24)(H,18,23). The van der Waals surface area contributed by atoms with E-state index in [0.29, 0.717) is 27.8 Å². The highest BCUT2D eigenvalue weighted by atomic mass is 32.1. The molecule has 0 fully saturated rings. The van der Waals surface area contributed by atoms with Gasteiger partial charge in [-0.2, -0.15) is 4.68 Å². The zero-order chi connectivity index (χ0) is 18.5. The van der Waals surface area contributed by atoms with E-state index in [1.165, 1.54) is 23.1 Å². The first-order chi connectivity index (χ1) is 12.6. The van der Waals surface area contributed by atoms with Crippen molar-refractivity contribution in [3.05, 3.63) is 46.4 Å². The van der Waals surface area contributed by atoms with Gasteiger partial charge >= 0.3 is 0 Å². The van der Waals surface area contributed by atoms with Crippen LogP contribution in [0.1, 0.15) is 15.5 Å². The molecule has 0 aliphatic heterocycles. The molecular formula is C16H16N6O3S. The SMILES string of the molecule is COc1ccc(NC(=O)CNC(=O)c2cccs2)cc1-n1nnnc1C. The van der Waals surface area contributed by atoms with Gasteiger partial charge in [0.25, 0.3) is 5.91 Å². The lowest BCUT2D eigenvalue weighted by Crippen LogP contribution is -2.32. The second-order valence-electron chi connectivity index (χ2n) is 5.23. The van der Waals surface area contributed by atoms with Crippen molar-refractivity contribution in [2.45, 2.75) is 6.92 Å². The number of aromatic nitrogens is 4. The molecule has 2 N–H and O–H groups in total. The fraction of sp³-hybridized carbons (Fsp3) is 0.188. The van der Waals surface area contributed by atoms with Crippen molar-refractivity contribution in [2.24, 2.45) is 0 Å². The normalized spacial score (nSPS) is 10.4. The molecule has 9 nitrogen and oxygen atoms in total. The minimum atomic E-state index is -0.348. The lowest BCUT2D eigenvalue weighted by molar-refractivity contribution is -0.115. The highest BCUT2D eigenvalue weighted by molar-refractivity contribution is 7.12. The molecule has 0 spiro atoms. The minimum absolute atomic E-state index is 0.137. The average Bonchev–Trinajstić information content (AvgIpc) is 3.31. The van der Waals surface area contributed by atoms with Gasteiger partial charge in [-0.25, -0.2) is 0 Å². The summed E-state index contributed by atoms with van der Waals surface area (Å²) in [4.78, 5) is 24.5. The smallest absolute Gasteiger partial charge is 0.261 e. The number of benzene rings is 1. The first-order valence-corrected chi connectivity index (χ1v) is 8.51. The number of carbonyl (C=O) groups is 2. The van der Waals surface area contributed by atoms with Crippen molar-refractivity contribution in [3.8, 4) is 11.4 Å². The maximum atomic E-state index is 12.1. The van der Waals surface area contributed by atoms with Crippen molar-refractivity contribution in [3.63, 3.8) is 0 Å². The molecule has 134 valence electrons. The Labute approximate surface area is 153 Å². The monoisotopic (exact) mass is 372 g/mol. The summed E-state index contributed by atoms with van der Waals surface area (Å²) in [6.45, 7) is 1.62. The summed E-state index contributed by atoms with van der Waals surface area (Å²) in [5.74, 6) is 0.508. The first-order valence-electron chi connectivity index (χ1n) is 7.63. The van der Waals surface area contributed by atoms with Gasteiger partial charge in [0.15, 0.2) is 5.82 Å². The van der Waals surface area contributed by atoms with E-state index >= 15 is 0 Å². The summed E-state index contributed by atoms with van der Waals surface area (Å²) in [7, 11) is 1.54. The molecule has 1 aromatic carbocycles. The largest absolute Gasteiger partial charge is 0.494 e. The van der Waals surface area contributed by atoms with Crippen molar-refractivity contribution in [1.82, 2.24) is 25.5 Å². The summed E-state index contributed by atoms with van der Waals surface area (Å²) in [6.07, 6.45) is 0. The van der Waals surface area contributed by atoms with Crippen LogP contribution in [0.3, 0.4) is 0 Å². The summed E-state index contributed by atoms with van der Waals surface area (Å²) in [5.41, 5.74) is 1.13. The number of tetrazole rings is 1. The Morgan fingerprint density at radius 1 is 1.31 bits per heavy atom. The van der Waals surface area contributed by atoms with Gasteiger partial charge in [0.1, 0.15) is 11.4 Å². The average molecular weight is 372 g/mol. The summed E-state index contributed by atoms with van der Waals surface area (Å²) in [5, 5.41) is 18.5. The van der Waals surface area contributed by atoms with Crippen LogP contribution in [-0.4, -0.2) is 45.7 Å². The van der Waals surface area contributed by atoms with Crippen molar-refractivity contribution in [1.29, 1.82) is 0 Å². The van der Waals surface area contributed by atoms with Gasteiger partial charge in [-0.05, 0) is 47.0 Å². The molecule has 3 rings (SSSR count). The van der Waals surface area contributed by atoms with E-state index in [4.69, 9.17) is 4.74 Å². The maximum absolute atomic E-state index is 12.1. The summed E-state index contributed by atoms with van der Waals surface area (Å²) >= 11 is 1.31. The summed E-state index contributed by atoms with van der Waals surface area (Å²) in [6, 6.07) is 8.57. The number of methoxy groups -OCH3 is 1. The fourth-order valence-electron chi connectivity index (χ4n) is 2.25. The van der Waals surface area contributed by atoms with Gasteiger partial charge in [0, 0.05) is 5.69 Å². The predicted octanol–water partition coefficient (Wildman–Crippen LogP) is 1.41. The molecule has 10 heteroatoms. The summed E-state index contributed by atoms with van der Waals surface area (Å²) < 4.78 is 6.83. The number of amides is 2. The van der Waals surface area contributed by atoms with E-state index in [2.05, 4.69) is 26.2 Å². The Morgan fingerprint density at radius 3 is 2.81 bits per heavy atom. The molecule has 2 aromatic heterocycles. The van der Waals surface area contributed by atoms with Gasteiger partial charge in [-0.3, -0.25) is 9.59 Å². The molecule has 0 saturated carbocycles. The van der Waals surface area contributed by atoms with Gasteiger partial charge < -0.3 is 15.4 Å². The van der Waals surface area contributed by atoms with Crippen LogP contribution in [0.25, 0.3) is 5.69 Å². The number of thiophene rings is 1. The topological polar surface area (TPSA) is 111 Å². The minimum Gasteiger partial charge on any atom is -0.494 e. The van der Waals surface area contributed by atoms with Crippen molar-refractivity contribution < 1.29 is 14.3 Å². The fourth-order valence-corrected chi connectivity index (χ4v) is 2.89. The van der Waals surface area contributed by atoms with Crippen molar-refractivity contribution >= 4 is 28.8 Å². The van der Waals surface area contributed by atoms with Crippen LogP contribution in [0, 0.1) is 6.92 Å². The Hall–Kier alpha value is -3.27. The number of carbonyl (C=O) groups excluding carboxylic acids is 2. The maximum Gasteiger partial charge on any atom is 0.261 e. The Balaban J connectivity index is 1.69. The van der Waals surface area contributed by atoms with Gasteiger partial charge in [0.2, 0.25) is 5.91 Å². The van der Waals surface area contributed by atoms with Gasteiger partial charge in [-0.15, -0.1) is 16.4 Å². The Kier molecular flexibility index (Phi) is 5.23. The molecule has 2 heterocycles. The van der Waals surface area contributed by atoms with Crippen LogP contribution in [0.5, 0.6) is 5.75 Å². The van der Waals surface area contributed by atoms with E-state index in [1.807, 2.05) is 0 Å². The van der Waals surface area contributed by atoms with Crippen LogP contribution in [0.2, 0.25) is 0 Å². The number of anilines is 1. The first kappa shape index (κ1) is 17.5. The third-order valence-electron chi connectivity index (χ3n) is 3.47. The number of ether oxygens (including phenoxy) is 1. The molecule has 0 aliphatic carbocycles. The molecule has 0 saturated heterocycles. The van der Waals surface area contributed by atoms with Gasteiger partial charge in [-0.1, -0.05) is 6.07 Å². The highest BCUT2D eigenvalue weighted by Gasteiger charge is 2.13. The second-order valence-corrected chi connectivity index (χ2v) is 6.18. The highest BCUT2D eigenvalue weighted by Crippen LogP contribution is 2.26. The number of rotatable bonds is 6. The van der Waals surface area contributed by atoms with Crippen LogP contribution >= 0.6 is 11.3 Å². The zero-order valence-corrected chi connectivity index (χ0v) is 14.9. The molecule has 0 aliphatic rings. The van der Waals surface area contributed by atoms with Gasteiger partial charge in [0.05, 0.1) is 18.5 Å². The number of nitrogens with one attached hydrogen (secondary N) is 2. The third-order valence-corrected chi connectivity index (χ3v) is 4.34. The lowest BCUT2D eigenvalue weighted by Gasteiger charge is -2.12. The quantitative estimate of drug-likeness (QED) is 0.677. The number of hydrogen-bond acceptors (Lipinski definition) is 7. The Morgan fingerprint density at radius 2 is 2.15 bits per heavy atom. The number of aryl methyl sites for hydroxylation is 1. The molecule has 0 bridgehead atoms. The molecule has 0 unspecified atom stereocenters. The molecule has 2 amide bonds. The Bertz CT molecular complexity index is 922. The second kappa shape index (κ2) is 7.74. The third kappa shape index (κ3) is 3.86. The van der Waals surface area contributed by atoms with Crippen LogP contribution < -0.4 is 15.4 Å². The van der Waals surface area contributed by atoms with E-state index in [-0.39, 0.29) is 18.4 Å². The molecule has 0 radical (unpaired) electrons. The van der Waals surface area contributed by atoms with E-state index < -0.39 is 0 Å². The van der Waals surface area contributed by atoms with Crippen LogP contribution in [0.15, 0.2) is 35.7 Å². The predicted molar refractivity (Wildman–Crippen MR) is 95.7 cm³/mol. The molecule has 0 atom stereocenters. The molecule has 26 heavy (non-hydrogen) atoms. The van der Waals surface area contributed by atoms with Crippen molar-refractivity contribution in [2.75, 3.05) is 19.0 Å². The van der Waals surface area contributed by atoms with E-state index in [1.54, 1.807) is 42.6 Å².